The normalized spacial score (nSPS) is 14.1. The van der Waals surface area contributed by atoms with Crippen LogP contribution in [-0.4, -0.2) is 36.7 Å². The summed E-state index contributed by atoms with van der Waals surface area (Å²) < 4.78 is 4.69. The van der Waals surface area contributed by atoms with E-state index >= 15 is 0 Å². The second-order valence-electron chi connectivity index (χ2n) is 6.50. The second-order valence-corrected chi connectivity index (χ2v) is 6.50. The lowest BCUT2D eigenvalue weighted by Crippen LogP contribution is -2.52. The summed E-state index contributed by atoms with van der Waals surface area (Å²) in [5, 5.41) is 11.8. The van der Waals surface area contributed by atoms with Crippen LogP contribution < -0.4 is 5.32 Å². The van der Waals surface area contributed by atoms with E-state index in [1.165, 1.54) is 7.11 Å². The molecule has 0 bridgehead atoms. The number of aliphatic carboxylic acids is 1. The summed E-state index contributed by atoms with van der Waals surface area (Å²) in [5.41, 5.74) is -0.545. The molecule has 0 fully saturated rings. The van der Waals surface area contributed by atoms with Crippen molar-refractivity contribution in [3.8, 4) is 0 Å². The number of amides is 1. The molecule has 0 unspecified atom stereocenters. The summed E-state index contributed by atoms with van der Waals surface area (Å²) in [5.74, 6) is -1.43. The smallest absolute Gasteiger partial charge is 0.326 e. The van der Waals surface area contributed by atoms with Crippen molar-refractivity contribution >= 4 is 11.9 Å². The maximum atomic E-state index is 11.5. The summed E-state index contributed by atoms with van der Waals surface area (Å²) in [4.78, 5) is 22.8. The highest BCUT2D eigenvalue weighted by Gasteiger charge is 2.39. The van der Waals surface area contributed by atoms with Crippen molar-refractivity contribution in [2.45, 2.75) is 47.1 Å². The van der Waals surface area contributed by atoms with Gasteiger partial charge in [0.05, 0.1) is 0 Å². The lowest BCUT2D eigenvalue weighted by Gasteiger charge is -2.37. The molecule has 0 aliphatic heterocycles. The van der Waals surface area contributed by atoms with Gasteiger partial charge in [-0.1, -0.05) is 34.6 Å². The van der Waals surface area contributed by atoms with Gasteiger partial charge in [-0.15, -0.1) is 0 Å². The third-order valence-electron chi connectivity index (χ3n) is 2.60. The van der Waals surface area contributed by atoms with Crippen LogP contribution in [0.15, 0.2) is 0 Å². The second kappa shape index (κ2) is 6.18. The fourth-order valence-electron chi connectivity index (χ4n) is 2.39. The SMILES string of the molecule is COCC(=O)N[C@H](C(=O)O)C(C)(C)CC(C)(C)C. The molecule has 18 heavy (non-hydrogen) atoms. The molecular weight excluding hydrogens is 234 g/mol. The van der Waals surface area contributed by atoms with Crippen molar-refractivity contribution in [1.29, 1.82) is 0 Å². The Morgan fingerprint density at radius 1 is 1.22 bits per heavy atom. The average molecular weight is 259 g/mol. The zero-order valence-corrected chi connectivity index (χ0v) is 12.2. The molecule has 0 saturated carbocycles. The largest absolute Gasteiger partial charge is 0.480 e. The molecule has 0 heterocycles. The van der Waals surface area contributed by atoms with Crippen molar-refractivity contribution in [2.24, 2.45) is 10.8 Å². The first kappa shape index (κ1) is 16.9. The van der Waals surface area contributed by atoms with E-state index in [0.29, 0.717) is 6.42 Å². The van der Waals surface area contributed by atoms with Crippen LogP contribution in [0.3, 0.4) is 0 Å². The number of rotatable bonds is 6. The van der Waals surface area contributed by atoms with Crippen LogP contribution in [0.25, 0.3) is 0 Å². The molecule has 1 atom stereocenters. The first-order valence-corrected chi connectivity index (χ1v) is 6.01. The van der Waals surface area contributed by atoms with Gasteiger partial charge in [-0.3, -0.25) is 4.79 Å². The first-order valence-electron chi connectivity index (χ1n) is 6.01. The van der Waals surface area contributed by atoms with Crippen molar-refractivity contribution in [3.63, 3.8) is 0 Å². The topological polar surface area (TPSA) is 75.6 Å². The Balaban J connectivity index is 4.88. The molecule has 106 valence electrons. The number of methoxy groups -OCH3 is 1. The zero-order valence-electron chi connectivity index (χ0n) is 12.2. The molecular formula is C13H25NO4. The Bertz CT molecular complexity index is 305. The summed E-state index contributed by atoms with van der Waals surface area (Å²) in [7, 11) is 1.40. The molecule has 0 aliphatic rings. The molecule has 5 heteroatoms. The average Bonchev–Trinajstić information content (AvgIpc) is 2.09. The number of carbonyl (C=O) groups excluding carboxylic acids is 1. The maximum absolute atomic E-state index is 11.5. The summed E-state index contributed by atoms with van der Waals surface area (Å²) >= 11 is 0. The molecule has 0 rings (SSSR count). The van der Waals surface area contributed by atoms with E-state index in [2.05, 4.69) is 5.32 Å². The predicted octanol–water partition coefficient (Wildman–Crippen LogP) is 1.66. The van der Waals surface area contributed by atoms with Gasteiger partial charge in [-0.25, -0.2) is 4.79 Å². The molecule has 5 nitrogen and oxygen atoms in total. The molecule has 0 aromatic heterocycles. The number of hydrogen-bond acceptors (Lipinski definition) is 3. The first-order chi connectivity index (χ1) is 7.99. The van der Waals surface area contributed by atoms with Crippen LogP contribution >= 0.6 is 0 Å². The van der Waals surface area contributed by atoms with Gasteiger partial charge in [0.1, 0.15) is 12.6 Å². The van der Waals surface area contributed by atoms with Gasteiger partial charge in [0.15, 0.2) is 0 Å². The molecule has 0 aromatic rings. The summed E-state index contributed by atoms with van der Waals surface area (Å²) in [6.07, 6.45) is 0.685. The minimum absolute atomic E-state index is 0.0107. The molecule has 0 aliphatic carbocycles. The highest BCUT2D eigenvalue weighted by molar-refractivity contribution is 5.84. The maximum Gasteiger partial charge on any atom is 0.326 e. The van der Waals surface area contributed by atoms with Crippen LogP contribution in [0.4, 0.5) is 0 Å². The van der Waals surface area contributed by atoms with Gasteiger partial charge in [-0.2, -0.15) is 0 Å². The van der Waals surface area contributed by atoms with E-state index in [1.54, 1.807) is 0 Å². The quantitative estimate of drug-likeness (QED) is 0.760. The molecule has 1 amide bonds. The van der Waals surface area contributed by atoms with Crippen LogP contribution in [0.1, 0.15) is 41.0 Å². The minimum Gasteiger partial charge on any atom is -0.480 e. The van der Waals surface area contributed by atoms with Gasteiger partial charge in [0.25, 0.3) is 0 Å². The fourth-order valence-corrected chi connectivity index (χ4v) is 2.39. The number of nitrogens with one attached hydrogen (secondary N) is 1. The molecule has 0 radical (unpaired) electrons. The fraction of sp³-hybridized carbons (Fsp3) is 0.846. The Morgan fingerprint density at radius 2 is 1.72 bits per heavy atom. The lowest BCUT2D eigenvalue weighted by atomic mass is 9.72. The monoisotopic (exact) mass is 259 g/mol. The van der Waals surface area contributed by atoms with E-state index < -0.39 is 23.3 Å². The minimum atomic E-state index is -1.02. The van der Waals surface area contributed by atoms with Crippen LogP contribution in [0.5, 0.6) is 0 Å². The van der Waals surface area contributed by atoms with Gasteiger partial charge < -0.3 is 15.2 Å². The van der Waals surface area contributed by atoms with Crippen LogP contribution in [0, 0.1) is 10.8 Å². The number of carboxylic acid groups (broad SMARTS) is 1. The molecule has 0 saturated heterocycles. The Morgan fingerprint density at radius 3 is 2.06 bits per heavy atom. The number of carbonyl (C=O) groups is 2. The van der Waals surface area contributed by atoms with Gasteiger partial charge >= 0.3 is 5.97 Å². The summed E-state index contributed by atoms with van der Waals surface area (Å²) in [6, 6.07) is -0.917. The highest BCUT2D eigenvalue weighted by Crippen LogP contribution is 2.35. The Kier molecular flexibility index (Phi) is 5.80. The predicted molar refractivity (Wildman–Crippen MR) is 69.3 cm³/mol. The molecule has 0 aromatic carbocycles. The molecule has 2 N–H and O–H groups in total. The highest BCUT2D eigenvalue weighted by atomic mass is 16.5. The van der Waals surface area contributed by atoms with E-state index in [1.807, 2.05) is 34.6 Å². The van der Waals surface area contributed by atoms with E-state index in [4.69, 9.17) is 4.74 Å². The summed E-state index contributed by atoms with van der Waals surface area (Å²) in [6.45, 7) is 9.71. The number of ether oxygens (including phenoxy) is 1. The standard InChI is InChI=1S/C13H25NO4/c1-12(2,3)8-13(4,5)10(11(16)17)14-9(15)7-18-6/h10H,7-8H2,1-6H3,(H,14,15)(H,16,17)/t10-/m1/s1. The van der Waals surface area contributed by atoms with Gasteiger partial charge in [-0.05, 0) is 17.3 Å². The zero-order chi connectivity index (χ0) is 14.6. The van der Waals surface area contributed by atoms with Gasteiger partial charge in [0, 0.05) is 7.11 Å². The number of carboxylic acids is 1. The van der Waals surface area contributed by atoms with Crippen molar-refractivity contribution in [3.05, 3.63) is 0 Å². The van der Waals surface area contributed by atoms with Crippen LogP contribution in [0.2, 0.25) is 0 Å². The van der Waals surface area contributed by atoms with E-state index in [9.17, 15) is 14.7 Å². The lowest BCUT2D eigenvalue weighted by molar-refractivity contribution is -0.146. The Labute approximate surface area is 109 Å². The number of hydrogen-bond donors (Lipinski definition) is 2. The van der Waals surface area contributed by atoms with E-state index in [0.717, 1.165) is 0 Å². The van der Waals surface area contributed by atoms with Crippen LogP contribution in [-0.2, 0) is 14.3 Å². The Hall–Kier alpha value is -1.10. The molecule has 0 spiro atoms. The van der Waals surface area contributed by atoms with Crippen molar-refractivity contribution < 1.29 is 19.4 Å². The van der Waals surface area contributed by atoms with E-state index in [-0.39, 0.29) is 12.0 Å². The van der Waals surface area contributed by atoms with Crippen molar-refractivity contribution in [1.82, 2.24) is 5.32 Å². The van der Waals surface area contributed by atoms with Crippen molar-refractivity contribution in [2.75, 3.05) is 13.7 Å². The van der Waals surface area contributed by atoms with Gasteiger partial charge in [0.2, 0.25) is 5.91 Å². The third-order valence-corrected chi connectivity index (χ3v) is 2.60. The third kappa shape index (κ3) is 6.00.